The van der Waals surface area contributed by atoms with Gasteiger partial charge in [-0.1, -0.05) is 25.9 Å². The van der Waals surface area contributed by atoms with E-state index >= 15 is 0 Å². The van der Waals surface area contributed by atoms with E-state index in [0.717, 1.165) is 75.3 Å². The first kappa shape index (κ1) is 21.6. The van der Waals surface area contributed by atoms with Gasteiger partial charge in [-0.3, -0.25) is 4.79 Å². The lowest BCUT2D eigenvalue weighted by atomic mass is 9.43. The van der Waals surface area contributed by atoms with Crippen molar-refractivity contribution >= 4 is 23.9 Å². The molecule has 0 aromatic carbocycles. The molecule has 0 radical (unpaired) electrons. The maximum atomic E-state index is 12.7. The molecule has 0 spiro atoms. The van der Waals surface area contributed by atoms with Crippen LogP contribution in [0.2, 0.25) is 0 Å². The van der Waals surface area contributed by atoms with Crippen LogP contribution in [0.1, 0.15) is 78.6 Å². The van der Waals surface area contributed by atoms with Gasteiger partial charge in [-0.25, -0.2) is 0 Å². The minimum absolute atomic E-state index is 0. The van der Waals surface area contributed by atoms with Gasteiger partial charge in [0.15, 0.2) is 0 Å². The number of halogens is 1. The first-order valence-corrected chi connectivity index (χ1v) is 11.9. The number of Topliss-reactive ketones (excluding diaryl/α,β-unsaturated/α-hetero) is 1. The summed E-state index contributed by atoms with van der Waals surface area (Å²) in [6.45, 7) is 9.36. The zero-order chi connectivity index (χ0) is 19.5. The van der Waals surface area contributed by atoms with Crippen LogP contribution in [0.5, 0.6) is 0 Å². The molecule has 4 aliphatic carbocycles. The lowest BCUT2D eigenvalue weighted by Crippen LogP contribution is -2.56. The smallest absolute Gasteiger partial charge is 0.141 e. The van der Waals surface area contributed by atoms with Crippen LogP contribution >= 0.6 is 12.4 Å². The van der Waals surface area contributed by atoms with E-state index in [2.05, 4.69) is 31.2 Å². The quantitative estimate of drug-likeness (QED) is 0.637. The standard InChI is InChI=1S/C24H38N2O2.ClH/c1-15-12-16-13-17(26-28-18-8-11-25-14-18)6-9-23(16,2)20-7-10-24(3)19(22(15)20)4-5-21(24)27;/h15-16,18-20,22,25H,4-14H2,1-3H3;1H/t15-,16?,18+,19-,20-,22-,23-,24-;/m0./s1. The van der Waals surface area contributed by atoms with Gasteiger partial charge in [0.1, 0.15) is 11.9 Å². The molecule has 4 saturated carbocycles. The van der Waals surface area contributed by atoms with Gasteiger partial charge in [0.25, 0.3) is 0 Å². The Morgan fingerprint density at radius 1 is 1.10 bits per heavy atom. The minimum Gasteiger partial charge on any atom is -0.391 e. The Morgan fingerprint density at radius 2 is 1.93 bits per heavy atom. The predicted octanol–water partition coefficient (Wildman–Crippen LogP) is 5.00. The number of nitrogens with zero attached hydrogens (tertiary/aromatic N) is 1. The lowest BCUT2D eigenvalue weighted by molar-refractivity contribution is -0.143. The third kappa shape index (κ3) is 3.37. The Morgan fingerprint density at radius 3 is 2.69 bits per heavy atom. The summed E-state index contributed by atoms with van der Waals surface area (Å²) in [5.41, 5.74) is 1.72. The van der Waals surface area contributed by atoms with Gasteiger partial charge in [-0.15, -0.1) is 12.4 Å². The van der Waals surface area contributed by atoms with Crippen LogP contribution in [0.4, 0.5) is 0 Å². The Balaban J connectivity index is 0.00000205. The van der Waals surface area contributed by atoms with E-state index in [1.54, 1.807) is 0 Å². The summed E-state index contributed by atoms with van der Waals surface area (Å²) >= 11 is 0. The van der Waals surface area contributed by atoms with Gasteiger partial charge >= 0.3 is 0 Å². The fourth-order valence-electron chi connectivity index (χ4n) is 8.16. The topological polar surface area (TPSA) is 50.7 Å². The molecule has 1 heterocycles. The van der Waals surface area contributed by atoms with Crippen molar-refractivity contribution in [1.82, 2.24) is 5.32 Å². The summed E-state index contributed by atoms with van der Waals surface area (Å²) in [5, 5.41) is 7.98. The molecule has 0 amide bonds. The minimum atomic E-state index is -0.0108. The maximum Gasteiger partial charge on any atom is 0.141 e. The number of nitrogens with one attached hydrogen (secondary N) is 1. The lowest BCUT2D eigenvalue weighted by Gasteiger charge is -2.61. The third-order valence-electron chi connectivity index (χ3n) is 9.91. The molecule has 4 nitrogen and oxygen atoms in total. The third-order valence-corrected chi connectivity index (χ3v) is 9.91. The number of hydrogen-bond acceptors (Lipinski definition) is 4. The second-order valence-corrected chi connectivity index (χ2v) is 11.2. The molecule has 0 aromatic heterocycles. The molecule has 0 aromatic rings. The van der Waals surface area contributed by atoms with Crippen LogP contribution in [0.3, 0.4) is 0 Å². The first-order valence-electron chi connectivity index (χ1n) is 11.9. The van der Waals surface area contributed by atoms with Crippen LogP contribution in [0, 0.1) is 40.4 Å². The van der Waals surface area contributed by atoms with Crippen LogP contribution in [0.25, 0.3) is 0 Å². The maximum absolute atomic E-state index is 12.7. The van der Waals surface area contributed by atoms with Crippen molar-refractivity contribution in [2.24, 2.45) is 45.6 Å². The van der Waals surface area contributed by atoms with Crippen molar-refractivity contribution in [1.29, 1.82) is 0 Å². The van der Waals surface area contributed by atoms with Crippen LogP contribution in [0.15, 0.2) is 5.16 Å². The first-order chi connectivity index (χ1) is 13.4. The second kappa shape index (κ2) is 7.82. The molecule has 5 heteroatoms. The Hall–Kier alpha value is -0.610. The van der Waals surface area contributed by atoms with Crippen molar-refractivity contribution in [2.45, 2.75) is 84.7 Å². The van der Waals surface area contributed by atoms with Crippen molar-refractivity contribution in [2.75, 3.05) is 13.1 Å². The highest BCUT2D eigenvalue weighted by Crippen LogP contribution is 2.66. The number of oxime groups is 1. The van der Waals surface area contributed by atoms with Crippen LogP contribution in [-0.2, 0) is 9.63 Å². The normalized spacial score (nSPS) is 50.4. The van der Waals surface area contributed by atoms with E-state index in [1.807, 2.05) is 0 Å². The van der Waals surface area contributed by atoms with E-state index in [0.29, 0.717) is 17.1 Å². The highest BCUT2D eigenvalue weighted by atomic mass is 35.5. The van der Waals surface area contributed by atoms with Crippen LogP contribution < -0.4 is 5.32 Å². The van der Waals surface area contributed by atoms with Gasteiger partial charge in [-0.2, -0.15) is 0 Å². The zero-order valence-electron chi connectivity index (χ0n) is 18.4. The van der Waals surface area contributed by atoms with Gasteiger partial charge in [0.05, 0.1) is 5.71 Å². The monoisotopic (exact) mass is 422 g/mol. The molecule has 1 aliphatic heterocycles. The highest BCUT2D eigenvalue weighted by Gasteiger charge is 2.61. The number of rotatable bonds is 2. The molecule has 8 atom stereocenters. The summed E-state index contributed by atoms with van der Waals surface area (Å²) < 4.78 is 0. The molecule has 164 valence electrons. The largest absolute Gasteiger partial charge is 0.391 e. The van der Waals surface area contributed by atoms with E-state index in [9.17, 15) is 4.79 Å². The Labute approximate surface area is 182 Å². The molecule has 1 N–H and O–H groups in total. The number of carbonyl (C=O) groups is 1. The summed E-state index contributed by atoms with van der Waals surface area (Å²) in [7, 11) is 0. The summed E-state index contributed by atoms with van der Waals surface area (Å²) in [4.78, 5) is 18.5. The van der Waals surface area contributed by atoms with E-state index in [1.165, 1.54) is 25.0 Å². The molecule has 1 unspecified atom stereocenters. The number of carbonyl (C=O) groups excluding carboxylic acids is 1. The van der Waals surface area contributed by atoms with Gasteiger partial charge in [-0.05, 0) is 86.5 Å². The van der Waals surface area contributed by atoms with Crippen molar-refractivity contribution in [3.05, 3.63) is 0 Å². The van der Waals surface area contributed by atoms with Crippen LogP contribution in [-0.4, -0.2) is 30.7 Å². The molecule has 5 rings (SSSR count). The van der Waals surface area contributed by atoms with Crippen molar-refractivity contribution in [3.63, 3.8) is 0 Å². The number of ketones is 1. The second-order valence-electron chi connectivity index (χ2n) is 11.2. The number of hydrogen-bond donors (Lipinski definition) is 1. The molecular formula is C24H39ClN2O2. The van der Waals surface area contributed by atoms with Gasteiger partial charge in [0.2, 0.25) is 0 Å². The van der Waals surface area contributed by atoms with Gasteiger partial charge < -0.3 is 10.2 Å². The summed E-state index contributed by atoms with van der Waals surface area (Å²) in [5.74, 6) is 4.23. The fourth-order valence-corrected chi connectivity index (χ4v) is 8.16. The van der Waals surface area contributed by atoms with E-state index in [4.69, 9.17) is 4.84 Å². The predicted molar refractivity (Wildman–Crippen MR) is 118 cm³/mol. The molecular weight excluding hydrogens is 384 g/mol. The SMILES string of the molecule is C[C@H]1CC2CC(=NO[C@@H]3CCNC3)CC[C@]2(C)[C@H]2CC[C@]3(C)C(=O)CC[C@H]3[C@H]12.Cl. The molecule has 5 aliphatic rings. The van der Waals surface area contributed by atoms with Gasteiger partial charge in [0, 0.05) is 24.8 Å². The highest BCUT2D eigenvalue weighted by molar-refractivity contribution is 5.87. The Kier molecular flexibility index (Phi) is 5.83. The van der Waals surface area contributed by atoms with Crippen molar-refractivity contribution < 1.29 is 9.63 Å². The fraction of sp³-hybridized carbons (Fsp3) is 0.917. The molecule has 1 saturated heterocycles. The Bertz CT molecular complexity index is 676. The molecule has 0 bridgehead atoms. The summed E-state index contributed by atoms with van der Waals surface area (Å²) in [6.07, 6.45) is 10.5. The van der Waals surface area contributed by atoms with Crippen molar-refractivity contribution in [3.8, 4) is 0 Å². The van der Waals surface area contributed by atoms with E-state index < -0.39 is 0 Å². The molecule has 29 heavy (non-hydrogen) atoms. The summed E-state index contributed by atoms with van der Waals surface area (Å²) in [6, 6.07) is 0. The average molecular weight is 423 g/mol. The number of fused-ring (bicyclic) bond motifs is 5. The van der Waals surface area contributed by atoms with E-state index in [-0.39, 0.29) is 23.9 Å². The zero-order valence-corrected chi connectivity index (χ0v) is 19.2. The average Bonchev–Trinajstić information content (AvgIpc) is 3.29. The molecule has 5 fully saturated rings.